The first-order valence-corrected chi connectivity index (χ1v) is 7.12. The lowest BCUT2D eigenvalue weighted by Crippen LogP contribution is -2.33. The Hall–Kier alpha value is -1.65. The van der Waals surface area contributed by atoms with Crippen LogP contribution in [0.1, 0.15) is 12.8 Å². The predicted molar refractivity (Wildman–Crippen MR) is 79.9 cm³/mol. The van der Waals surface area contributed by atoms with Gasteiger partial charge in [-0.25, -0.2) is 9.97 Å². The average molecular weight is 290 g/mol. The molecule has 0 bridgehead atoms. The largest absolute Gasteiger partial charge is 0.394 e. The zero-order valence-electron chi connectivity index (χ0n) is 11.0. The summed E-state index contributed by atoms with van der Waals surface area (Å²) >= 11 is 5.90. The molecule has 1 atom stereocenters. The molecular formula is C15H16ClN3O. The highest BCUT2D eigenvalue weighted by atomic mass is 35.5. The van der Waals surface area contributed by atoms with E-state index in [1.807, 2.05) is 30.3 Å². The predicted octanol–water partition coefficient (Wildman–Crippen LogP) is 2.76. The molecule has 0 unspecified atom stereocenters. The van der Waals surface area contributed by atoms with Gasteiger partial charge in [0.2, 0.25) is 5.95 Å². The average Bonchev–Trinajstić information content (AvgIpc) is 2.96. The maximum atomic E-state index is 9.40. The Balaban J connectivity index is 1.91. The van der Waals surface area contributed by atoms with Crippen molar-refractivity contribution in [3.63, 3.8) is 0 Å². The zero-order chi connectivity index (χ0) is 13.9. The molecule has 1 saturated heterocycles. The van der Waals surface area contributed by atoms with E-state index in [9.17, 15) is 5.11 Å². The quantitative estimate of drug-likeness (QED) is 0.944. The molecule has 1 aromatic carbocycles. The van der Waals surface area contributed by atoms with E-state index >= 15 is 0 Å². The molecule has 104 valence electrons. The lowest BCUT2D eigenvalue weighted by atomic mass is 10.1. The molecule has 1 N–H and O–H groups in total. The minimum Gasteiger partial charge on any atom is -0.394 e. The molecule has 0 spiro atoms. The second-order valence-corrected chi connectivity index (χ2v) is 5.36. The Morgan fingerprint density at radius 2 is 2.05 bits per heavy atom. The molecule has 1 fully saturated rings. The van der Waals surface area contributed by atoms with E-state index in [4.69, 9.17) is 11.6 Å². The molecule has 3 rings (SSSR count). The molecule has 20 heavy (non-hydrogen) atoms. The molecule has 0 saturated carbocycles. The molecule has 4 nitrogen and oxygen atoms in total. The molecule has 0 aliphatic carbocycles. The maximum absolute atomic E-state index is 9.40. The highest BCUT2D eigenvalue weighted by molar-refractivity contribution is 6.30. The van der Waals surface area contributed by atoms with Crippen molar-refractivity contribution in [2.75, 3.05) is 18.1 Å². The molecule has 2 aromatic rings. The number of aromatic nitrogens is 2. The summed E-state index contributed by atoms with van der Waals surface area (Å²) in [4.78, 5) is 11.0. The van der Waals surface area contributed by atoms with Crippen LogP contribution in [0, 0.1) is 0 Å². The standard InChI is InChI=1S/C15H16ClN3O/c16-12-5-3-11(4-6-12)14-7-8-17-15(18-14)19-9-1-2-13(19)10-20/h3-8,13,20H,1-2,9-10H2/t13-/m0/s1. The Labute approximate surface area is 123 Å². The molecule has 0 amide bonds. The number of hydrogen-bond acceptors (Lipinski definition) is 4. The van der Waals surface area contributed by atoms with Crippen molar-refractivity contribution in [1.82, 2.24) is 9.97 Å². The van der Waals surface area contributed by atoms with Gasteiger partial charge in [0.1, 0.15) is 0 Å². The van der Waals surface area contributed by atoms with Crippen molar-refractivity contribution in [3.8, 4) is 11.3 Å². The fraction of sp³-hybridized carbons (Fsp3) is 0.333. The van der Waals surface area contributed by atoms with E-state index in [0.717, 1.165) is 30.6 Å². The van der Waals surface area contributed by atoms with Crippen LogP contribution in [0.15, 0.2) is 36.5 Å². The summed E-state index contributed by atoms with van der Waals surface area (Å²) in [6, 6.07) is 9.62. The summed E-state index contributed by atoms with van der Waals surface area (Å²) in [5.41, 5.74) is 1.88. The van der Waals surface area contributed by atoms with Crippen LogP contribution in [0.4, 0.5) is 5.95 Å². The van der Waals surface area contributed by atoms with Gasteiger partial charge in [-0.1, -0.05) is 23.7 Å². The molecule has 1 aromatic heterocycles. The second-order valence-electron chi connectivity index (χ2n) is 4.92. The molecule has 1 aliphatic rings. The fourth-order valence-electron chi connectivity index (χ4n) is 2.56. The number of aliphatic hydroxyl groups is 1. The molecule has 0 radical (unpaired) electrons. The second kappa shape index (κ2) is 5.77. The first-order chi connectivity index (χ1) is 9.78. The summed E-state index contributed by atoms with van der Waals surface area (Å²) in [5.74, 6) is 0.689. The van der Waals surface area contributed by atoms with Crippen molar-refractivity contribution in [1.29, 1.82) is 0 Å². The Bertz CT molecular complexity index is 588. The fourth-order valence-corrected chi connectivity index (χ4v) is 2.68. The first-order valence-electron chi connectivity index (χ1n) is 6.74. The van der Waals surface area contributed by atoms with Crippen LogP contribution in [0.5, 0.6) is 0 Å². The lowest BCUT2D eigenvalue weighted by molar-refractivity contribution is 0.265. The van der Waals surface area contributed by atoms with Crippen molar-refractivity contribution < 1.29 is 5.11 Å². The summed E-state index contributed by atoms with van der Waals surface area (Å²) in [6.45, 7) is 1.05. The van der Waals surface area contributed by atoms with Crippen LogP contribution in [-0.2, 0) is 0 Å². The van der Waals surface area contributed by atoms with Gasteiger partial charge in [0.05, 0.1) is 18.3 Å². The van der Waals surface area contributed by atoms with Crippen LogP contribution in [0.25, 0.3) is 11.3 Å². The highest BCUT2D eigenvalue weighted by Crippen LogP contribution is 2.25. The number of nitrogens with zero attached hydrogens (tertiary/aromatic N) is 3. The monoisotopic (exact) mass is 289 g/mol. The summed E-state index contributed by atoms with van der Waals surface area (Å²) in [6.07, 6.45) is 3.82. The van der Waals surface area contributed by atoms with Crippen LogP contribution in [0.3, 0.4) is 0 Å². The number of hydrogen-bond donors (Lipinski definition) is 1. The van der Waals surface area contributed by atoms with E-state index in [-0.39, 0.29) is 12.6 Å². The Kier molecular flexibility index (Phi) is 3.85. The minimum atomic E-state index is 0.135. The SMILES string of the molecule is OC[C@@H]1CCCN1c1nccc(-c2ccc(Cl)cc2)n1. The Morgan fingerprint density at radius 3 is 2.80 bits per heavy atom. The molecule has 5 heteroatoms. The smallest absolute Gasteiger partial charge is 0.226 e. The van der Waals surface area contributed by atoms with Crippen molar-refractivity contribution >= 4 is 17.5 Å². The van der Waals surface area contributed by atoms with Gasteiger partial charge in [-0.2, -0.15) is 0 Å². The van der Waals surface area contributed by atoms with Crippen LogP contribution >= 0.6 is 11.6 Å². The van der Waals surface area contributed by atoms with Crippen molar-refractivity contribution in [3.05, 3.63) is 41.6 Å². The third-order valence-electron chi connectivity index (χ3n) is 3.63. The van der Waals surface area contributed by atoms with Gasteiger partial charge < -0.3 is 10.0 Å². The van der Waals surface area contributed by atoms with Gasteiger partial charge in [0.25, 0.3) is 0 Å². The number of rotatable bonds is 3. The molecular weight excluding hydrogens is 274 g/mol. The minimum absolute atomic E-state index is 0.135. The first kappa shape index (κ1) is 13.3. The summed E-state index contributed by atoms with van der Waals surface area (Å²) < 4.78 is 0. The van der Waals surface area contributed by atoms with Crippen molar-refractivity contribution in [2.45, 2.75) is 18.9 Å². The number of halogens is 1. The number of benzene rings is 1. The molecule has 2 heterocycles. The maximum Gasteiger partial charge on any atom is 0.226 e. The van der Waals surface area contributed by atoms with E-state index in [1.54, 1.807) is 6.20 Å². The third kappa shape index (κ3) is 2.62. The van der Waals surface area contributed by atoms with Gasteiger partial charge in [-0.15, -0.1) is 0 Å². The van der Waals surface area contributed by atoms with Gasteiger partial charge in [0, 0.05) is 23.3 Å². The number of anilines is 1. The Morgan fingerprint density at radius 1 is 1.25 bits per heavy atom. The zero-order valence-corrected chi connectivity index (χ0v) is 11.8. The van der Waals surface area contributed by atoms with E-state index < -0.39 is 0 Å². The van der Waals surface area contributed by atoms with Crippen LogP contribution in [-0.4, -0.2) is 34.3 Å². The lowest BCUT2D eigenvalue weighted by Gasteiger charge is -2.23. The van der Waals surface area contributed by atoms with Crippen LogP contribution < -0.4 is 4.90 Å². The molecule has 1 aliphatic heterocycles. The number of aliphatic hydroxyl groups excluding tert-OH is 1. The summed E-state index contributed by atoms with van der Waals surface area (Å²) in [5, 5.41) is 10.1. The van der Waals surface area contributed by atoms with E-state index in [1.165, 1.54) is 0 Å². The topological polar surface area (TPSA) is 49.2 Å². The van der Waals surface area contributed by atoms with Gasteiger partial charge in [-0.3, -0.25) is 0 Å². The van der Waals surface area contributed by atoms with E-state index in [0.29, 0.717) is 11.0 Å². The van der Waals surface area contributed by atoms with Crippen LogP contribution in [0.2, 0.25) is 5.02 Å². The third-order valence-corrected chi connectivity index (χ3v) is 3.88. The van der Waals surface area contributed by atoms with Gasteiger partial charge >= 0.3 is 0 Å². The van der Waals surface area contributed by atoms with Gasteiger partial charge in [0.15, 0.2) is 0 Å². The summed E-state index contributed by atoms with van der Waals surface area (Å²) in [7, 11) is 0. The van der Waals surface area contributed by atoms with Gasteiger partial charge in [-0.05, 0) is 31.0 Å². The van der Waals surface area contributed by atoms with E-state index in [2.05, 4.69) is 14.9 Å². The normalized spacial score (nSPS) is 18.5. The van der Waals surface area contributed by atoms with Crippen molar-refractivity contribution in [2.24, 2.45) is 0 Å². The highest BCUT2D eigenvalue weighted by Gasteiger charge is 2.25.